The number of hydrogen-bond donors (Lipinski definition) is 1. The Balaban J connectivity index is 2.28. The third-order valence-corrected chi connectivity index (χ3v) is 4.73. The second-order valence-corrected chi connectivity index (χ2v) is 7.14. The summed E-state index contributed by atoms with van der Waals surface area (Å²) in [6.07, 6.45) is -0.962. The highest BCUT2D eigenvalue weighted by Gasteiger charge is 2.32. The molecule has 8 heteroatoms. The molecule has 2 aromatic carbocycles. The molecule has 0 bridgehead atoms. The fourth-order valence-corrected chi connectivity index (χ4v) is 2.99. The highest BCUT2D eigenvalue weighted by molar-refractivity contribution is 6.36. The molecule has 0 aliphatic rings. The zero-order chi connectivity index (χ0) is 20.0. The first-order valence-electron chi connectivity index (χ1n) is 8.29. The van der Waals surface area contributed by atoms with E-state index in [1.165, 1.54) is 6.07 Å². The summed E-state index contributed by atoms with van der Waals surface area (Å²) in [5, 5.41) is 20.2. The number of benzene rings is 2. The summed E-state index contributed by atoms with van der Waals surface area (Å²) in [5.41, 5.74) is 0.976. The number of rotatable bonds is 7. The molecule has 0 radical (unpaired) electrons. The van der Waals surface area contributed by atoms with Crippen molar-refractivity contribution in [1.82, 2.24) is 0 Å². The van der Waals surface area contributed by atoms with Gasteiger partial charge >= 0.3 is 5.97 Å². The Morgan fingerprint density at radius 1 is 1.11 bits per heavy atom. The van der Waals surface area contributed by atoms with Crippen molar-refractivity contribution in [1.29, 1.82) is 0 Å². The van der Waals surface area contributed by atoms with E-state index >= 15 is 0 Å². The largest absolute Gasteiger partial charge is 0.464 e. The van der Waals surface area contributed by atoms with Crippen LogP contribution in [0.25, 0.3) is 0 Å². The molecule has 0 heterocycles. The van der Waals surface area contributed by atoms with E-state index in [-0.39, 0.29) is 6.61 Å². The summed E-state index contributed by atoms with van der Waals surface area (Å²) in [6.45, 7) is 3.59. The van der Waals surface area contributed by atoms with Gasteiger partial charge in [-0.1, -0.05) is 53.9 Å². The van der Waals surface area contributed by atoms with Gasteiger partial charge in [0.05, 0.1) is 17.7 Å². The first-order chi connectivity index (χ1) is 12.8. The molecule has 3 atom stereocenters. The highest BCUT2D eigenvalue weighted by Crippen LogP contribution is 2.31. The molecule has 0 fully saturated rings. The molecular formula is C19H19Cl3N2O3. The van der Waals surface area contributed by atoms with Gasteiger partial charge in [0.2, 0.25) is 0 Å². The number of ether oxygens (including phenoxy) is 1. The van der Waals surface area contributed by atoms with E-state index in [0.717, 1.165) is 0 Å². The summed E-state index contributed by atoms with van der Waals surface area (Å²) < 4.78 is 5.09. The van der Waals surface area contributed by atoms with Gasteiger partial charge in [-0.3, -0.25) is 0 Å². The summed E-state index contributed by atoms with van der Waals surface area (Å²) in [6, 6.07) is 10.5. The minimum absolute atomic E-state index is 0.191. The highest BCUT2D eigenvalue weighted by atomic mass is 35.5. The third kappa shape index (κ3) is 5.91. The summed E-state index contributed by atoms with van der Waals surface area (Å²) in [7, 11) is 0. The summed E-state index contributed by atoms with van der Waals surface area (Å²) >= 11 is 17.8. The molecule has 5 nitrogen and oxygen atoms in total. The Bertz CT molecular complexity index is 812. The van der Waals surface area contributed by atoms with Crippen LogP contribution in [0.4, 0.5) is 5.69 Å². The van der Waals surface area contributed by atoms with E-state index in [2.05, 4.69) is 10.2 Å². The molecule has 2 rings (SSSR count). The van der Waals surface area contributed by atoms with Gasteiger partial charge in [-0.2, -0.15) is 10.2 Å². The second-order valence-electron chi connectivity index (χ2n) is 5.86. The van der Waals surface area contributed by atoms with E-state index in [0.29, 0.717) is 26.3 Å². The van der Waals surface area contributed by atoms with Crippen molar-refractivity contribution >= 4 is 46.5 Å². The molecule has 3 unspecified atom stereocenters. The lowest BCUT2D eigenvalue weighted by Gasteiger charge is -2.23. The zero-order valence-corrected chi connectivity index (χ0v) is 17.0. The van der Waals surface area contributed by atoms with E-state index in [4.69, 9.17) is 39.5 Å². The van der Waals surface area contributed by atoms with E-state index in [1.54, 1.807) is 50.2 Å². The zero-order valence-electron chi connectivity index (χ0n) is 14.8. The van der Waals surface area contributed by atoms with Crippen LogP contribution in [0.5, 0.6) is 0 Å². The third-order valence-electron chi connectivity index (χ3n) is 3.94. The van der Waals surface area contributed by atoms with Gasteiger partial charge in [-0.15, -0.1) is 0 Å². The molecule has 0 saturated carbocycles. The van der Waals surface area contributed by atoms with Crippen LogP contribution in [0, 0.1) is 5.92 Å². The predicted molar refractivity (Wildman–Crippen MR) is 107 cm³/mol. The monoisotopic (exact) mass is 428 g/mol. The molecule has 0 aliphatic heterocycles. The molecule has 0 aromatic heterocycles. The average molecular weight is 430 g/mol. The van der Waals surface area contributed by atoms with Gasteiger partial charge in [-0.25, -0.2) is 4.79 Å². The van der Waals surface area contributed by atoms with Crippen LogP contribution in [-0.4, -0.2) is 23.7 Å². The molecule has 2 aromatic rings. The van der Waals surface area contributed by atoms with Crippen LogP contribution in [0.2, 0.25) is 15.1 Å². The topological polar surface area (TPSA) is 71.2 Å². The molecule has 0 saturated heterocycles. The maximum absolute atomic E-state index is 12.4. The van der Waals surface area contributed by atoms with E-state index < -0.39 is 24.0 Å². The number of halogens is 3. The minimum Gasteiger partial charge on any atom is -0.464 e. The van der Waals surface area contributed by atoms with Gasteiger partial charge in [0.1, 0.15) is 5.69 Å². The van der Waals surface area contributed by atoms with Crippen molar-refractivity contribution in [2.45, 2.75) is 26.0 Å². The maximum atomic E-state index is 12.4. The van der Waals surface area contributed by atoms with Crippen LogP contribution < -0.4 is 0 Å². The van der Waals surface area contributed by atoms with E-state index in [1.807, 2.05) is 0 Å². The van der Waals surface area contributed by atoms with Crippen LogP contribution in [0.3, 0.4) is 0 Å². The average Bonchev–Trinajstić information content (AvgIpc) is 2.63. The smallest absolute Gasteiger partial charge is 0.333 e. The van der Waals surface area contributed by atoms with Crippen molar-refractivity contribution in [3.63, 3.8) is 0 Å². The van der Waals surface area contributed by atoms with Crippen molar-refractivity contribution in [3.05, 3.63) is 63.1 Å². The Hall–Kier alpha value is -1.66. The molecule has 0 amide bonds. The Labute approximate surface area is 172 Å². The van der Waals surface area contributed by atoms with Crippen LogP contribution in [-0.2, 0) is 9.53 Å². The number of carbonyl (C=O) groups is 1. The van der Waals surface area contributed by atoms with Gasteiger partial charge in [-0.05, 0) is 42.8 Å². The van der Waals surface area contributed by atoms with Crippen LogP contribution >= 0.6 is 34.8 Å². The molecule has 1 N–H and O–H groups in total. The number of esters is 1. The first-order valence-corrected chi connectivity index (χ1v) is 9.43. The summed E-state index contributed by atoms with van der Waals surface area (Å²) in [4.78, 5) is 12.4. The van der Waals surface area contributed by atoms with Crippen molar-refractivity contribution in [2.24, 2.45) is 16.1 Å². The Morgan fingerprint density at radius 3 is 2.33 bits per heavy atom. The molecule has 27 heavy (non-hydrogen) atoms. The quantitative estimate of drug-likeness (QED) is 0.431. The van der Waals surface area contributed by atoms with Crippen molar-refractivity contribution < 1.29 is 14.6 Å². The Kier molecular flexibility index (Phi) is 8.05. The summed E-state index contributed by atoms with van der Waals surface area (Å²) in [5.74, 6) is -1.17. The molecule has 0 aliphatic carbocycles. The number of hydrogen-bond acceptors (Lipinski definition) is 5. The lowest BCUT2D eigenvalue weighted by molar-refractivity contribution is -0.147. The second kappa shape index (κ2) is 10.0. The van der Waals surface area contributed by atoms with Gasteiger partial charge in [0.15, 0.2) is 6.04 Å². The SMILES string of the molecule is CCOC(=O)C(N=Nc1ccc(Cl)cc1Cl)C(C)C(O)c1ccc(Cl)cc1. The van der Waals surface area contributed by atoms with Gasteiger partial charge in [0, 0.05) is 16.0 Å². The first kappa shape index (κ1) is 21.6. The number of azo groups is 1. The number of aliphatic hydroxyl groups is 1. The van der Waals surface area contributed by atoms with Crippen LogP contribution in [0.15, 0.2) is 52.7 Å². The fourth-order valence-electron chi connectivity index (χ4n) is 2.42. The maximum Gasteiger partial charge on any atom is 0.333 e. The predicted octanol–water partition coefficient (Wildman–Crippen LogP) is 6.03. The van der Waals surface area contributed by atoms with Gasteiger partial charge < -0.3 is 9.84 Å². The lowest BCUT2D eigenvalue weighted by atomic mass is 9.91. The number of carbonyl (C=O) groups excluding carboxylic acids is 1. The van der Waals surface area contributed by atoms with Crippen molar-refractivity contribution in [2.75, 3.05) is 6.61 Å². The van der Waals surface area contributed by atoms with Crippen LogP contribution in [0.1, 0.15) is 25.5 Å². The normalized spacial score (nSPS) is 14.7. The lowest BCUT2D eigenvalue weighted by Crippen LogP contribution is -2.32. The Morgan fingerprint density at radius 2 is 1.74 bits per heavy atom. The minimum atomic E-state index is -1.01. The van der Waals surface area contributed by atoms with Gasteiger partial charge in [0.25, 0.3) is 0 Å². The molecule has 144 valence electrons. The molecule has 0 spiro atoms. The van der Waals surface area contributed by atoms with Crippen molar-refractivity contribution in [3.8, 4) is 0 Å². The molecular weight excluding hydrogens is 411 g/mol. The standard InChI is InChI=1S/C19H19Cl3N2O3/c1-3-27-19(26)17(24-23-16-9-8-14(21)10-15(16)22)11(2)18(25)12-4-6-13(20)7-5-12/h4-11,17-18,25H,3H2,1-2H3. The fraction of sp³-hybridized carbons (Fsp3) is 0.316. The number of nitrogens with zero attached hydrogens (tertiary/aromatic N) is 2. The number of aliphatic hydroxyl groups excluding tert-OH is 1. The van der Waals surface area contributed by atoms with E-state index in [9.17, 15) is 9.90 Å².